The highest BCUT2D eigenvalue weighted by Gasteiger charge is 2.37. The molecule has 4 amide bonds. The third-order valence-corrected chi connectivity index (χ3v) is 5.21. The number of hydrogen-bond acceptors (Lipinski definition) is 5. The molecular formula is C18H20BrN3O5. The van der Waals surface area contributed by atoms with Gasteiger partial charge in [-0.3, -0.25) is 24.1 Å². The summed E-state index contributed by atoms with van der Waals surface area (Å²) in [6.45, 7) is 0.663. The van der Waals surface area contributed by atoms with Crippen molar-refractivity contribution in [2.75, 3.05) is 33.4 Å². The number of imide groups is 1. The average molecular weight is 438 g/mol. The van der Waals surface area contributed by atoms with Gasteiger partial charge in [0, 0.05) is 30.7 Å². The molecular weight excluding hydrogens is 418 g/mol. The molecule has 9 heteroatoms. The molecule has 0 unspecified atom stereocenters. The number of methoxy groups -OCH3 is 1. The lowest BCUT2D eigenvalue weighted by Gasteiger charge is -2.33. The summed E-state index contributed by atoms with van der Waals surface area (Å²) in [5.41, 5.74) is 0.623. The lowest BCUT2D eigenvalue weighted by molar-refractivity contribution is -0.132. The van der Waals surface area contributed by atoms with Crippen molar-refractivity contribution in [3.05, 3.63) is 33.8 Å². The standard InChI is InChI=1S/C18H20BrN3O5/c1-27-10-15(23)20-12-4-6-21(7-5-12)16(24)9-22-17(25)13-3-2-11(19)8-14(13)18(22)26/h2-3,8,12H,4-7,9-10H2,1H3,(H,20,23). The van der Waals surface area contributed by atoms with Crippen molar-refractivity contribution in [1.29, 1.82) is 0 Å². The number of fused-ring (bicyclic) bond motifs is 1. The van der Waals surface area contributed by atoms with E-state index in [2.05, 4.69) is 21.2 Å². The zero-order valence-electron chi connectivity index (χ0n) is 14.9. The predicted molar refractivity (Wildman–Crippen MR) is 99.1 cm³/mol. The van der Waals surface area contributed by atoms with Crippen LogP contribution in [0.4, 0.5) is 0 Å². The second-order valence-electron chi connectivity index (χ2n) is 6.54. The number of carbonyl (C=O) groups is 4. The van der Waals surface area contributed by atoms with Gasteiger partial charge in [-0.1, -0.05) is 15.9 Å². The molecule has 1 N–H and O–H groups in total. The first-order valence-corrected chi connectivity index (χ1v) is 9.42. The lowest BCUT2D eigenvalue weighted by atomic mass is 10.0. The average Bonchev–Trinajstić information content (AvgIpc) is 2.87. The summed E-state index contributed by atoms with van der Waals surface area (Å²) in [5.74, 6) is -1.35. The fourth-order valence-electron chi connectivity index (χ4n) is 3.32. The van der Waals surface area contributed by atoms with Crippen LogP contribution in [0.3, 0.4) is 0 Å². The Balaban J connectivity index is 1.55. The third-order valence-electron chi connectivity index (χ3n) is 4.71. The molecule has 8 nitrogen and oxygen atoms in total. The van der Waals surface area contributed by atoms with Crippen LogP contribution >= 0.6 is 15.9 Å². The number of piperidine rings is 1. The first-order valence-electron chi connectivity index (χ1n) is 8.62. The second-order valence-corrected chi connectivity index (χ2v) is 7.46. The van der Waals surface area contributed by atoms with Gasteiger partial charge in [0.1, 0.15) is 13.2 Å². The van der Waals surface area contributed by atoms with Crippen LogP contribution < -0.4 is 5.32 Å². The van der Waals surface area contributed by atoms with E-state index in [0.717, 1.165) is 4.90 Å². The molecule has 2 aliphatic rings. The fraction of sp³-hybridized carbons (Fsp3) is 0.444. The number of hydrogen-bond donors (Lipinski definition) is 1. The number of likely N-dealkylation sites (tertiary alicyclic amines) is 1. The molecule has 0 aromatic heterocycles. The Kier molecular flexibility index (Phi) is 5.91. The minimum absolute atomic E-state index is 0.00615. The van der Waals surface area contributed by atoms with E-state index >= 15 is 0 Å². The molecule has 144 valence electrons. The highest BCUT2D eigenvalue weighted by Crippen LogP contribution is 2.26. The van der Waals surface area contributed by atoms with Crippen molar-refractivity contribution in [3.63, 3.8) is 0 Å². The molecule has 1 fully saturated rings. The quantitative estimate of drug-likeness (QED) is 0.687. The molecule has 2 aliphatic heterocycles. The van der Waals surface area contributed by atoms with E-state index < -0.39 is 11.8 Å². The van der Waals surface area contributed by atoms with Crippen LogP contribution in [0.15, 0.2) is 22.7 Å². The molecule has 0 spiro atoms. The molecule has 0 atom stereocenters. The summed E-state index contributed by atoms with van der Waals surface area (Å²) in [4.78, 5) is 51.6. The SMILES string of the molecule is COCC(=O)NC1CCN(C(=O)CN2C(=O)c3ccc(Br)cc3C2=O)CC1. The van der Waals surface area contributed by atoms with E-state index in [9.17, 15) is 19.2 Å². The number of nitrogens with one attached hydrogen (secondary N) is 1. The van der Waals surface area contributed by atoms with Gasteiger partial charge in [-0.05, 0) is 31.0 Å². The maximum Gasteiger partial charge on any atom is 0.262 e. The van der Waals surface area contributed by atoms with Crippen LogP contribution in [0.5, 0.6) is 0 Å². The summed E-state index contributed by atoms with van der Waals surface area (Å²) in [6.07, 6.45) is 1.24. The first kappa shape index (κ1) is 19.5. The van der Waals surface area contributed by atoms with Crippen LogP contribution in [-0.2, 0) is 14.3 Å². The largest absolute Gasteiger partial charge is 0.375 e. The number of amides is 4. The molecule has 2 heterocycles. The normalized spacial score (nSPS) is 17.3. The van der Waals surface area contributed by atoms with Crippen molar-refractivity contribution < 1.29 is 23.9 Å². The van der Waals surface area contributed by atoms with E-state index in [1.807, 2.05) is 0 Å². The van der Waals surface area contributed by atoms with Gasteiger partial charge in [-0.25, -0.2) is 0 Å². The highest BCUT2D eigenvalue weighted by atomic mass is 79.9. The number of nitrogens with zero attached hydrogens (tertiary/aromatic N) is 2. The number of halogens is 1. The molecule has 1 aromatic carbocycles. The molecule has 0 bridgehead atoms. The van der Waals surface area contributed by atoms with Crippen LogP contribution in [0, 0.1) is 0 Å². The Labute approximate surface area is 164 Å². The molecule has 0 radical (unpaired) electrons. The van der Waals surface area contributed by atoms with Crippen molar-refractivity contribution in [2.24, 2.45) is 0 Å². The van der Waals surface area contributed by atoms with Crippen LogP contribution in [0.1, 0.15) is 33.6 Å². The third kappa shape index (κ3) is 4.19. The van der Waals surface area contributed by atoms with Crippen molar-refractivity contribution in [3.8, 4) is 0 Å². The van der Waals surface area contributed by atoms with Crippen molar-refractivity contribution in [1.82, 2.24) is 15.1 Å². The van der Waals surface area contributed by atoms with E-state index in [0.29, 0.717) is 41.5 Å². The Hall–Kier alpha value is -2.26. The highest BCUT2D eigenvalue weighted by molar-refractivity contribution is 9.10. The minimum Gasteiger partial charge on any atom is -0.375 e. The van der Waals surface area contributed by atoms with Gasteiger partial charge in [0.25, 0.3) is 11.8 Å². The zero-order valence-corrected chi connectivity index (χ0v) is 16.5. The predicted octanol–water partition coefficient (Wildman–Crippen LogP) is 0.799. The van der Waals surface area contributed by atoms with E-state index in [1.165, 1.54) is 7.11 Å². The number of ether oxygens (including phenoxy) is 1. The lowest BCUT2D eigenvalue weighted by Crippen LogP contribution is -2.50. The van der Waals surface area contributed by atoms with Gasteiger partial charge in [0.15, 0.2) is 0 Å². The minimum atomic E-state index is -0.452. The van der Waals surface area contributed by atoms with E-state index in [-0.39, 0.29) is 31.0 Å². The summed E-state index contributed by atoms with van der Waals surface area (Å²) in [5, 5.41) is 2.86. The maximum atomic E-state index is 12.6. The molecule has 27 heavy (non-hydrogen) atoms. The summed E-state index contributed by atoms with van der Waals surface area (Å²) in [6, 6.07) is 4.86. The maximum absolute atomic E-state index is 12.6. The number of rotatable bonds is 5. The van der Waals surface area contributed by atoms with Gasteiger partial charge in [0.2, 0.25) is 11.8 Å². The Morgan fingerprint density at radius 3 is 2.52 bits per heavy atom. The van der Waals surface area contributed by atoms with Crippen LogP contribution in [0.2, 0.25) is 0 Å². The topological polar surface area (TPSA) is 96.0 Å². The molecule has 1 saturated heterocycles. The smallest absolute Gasteiger partial charge is 0.262 e. The molecule has 0 aliphatic carbocycles. The fourth-order valence-corrected chi connectivity index (χ4v) is 3.68. The first-order chi connectivity index (χ1) is 12.9. The Morgan fingerprint density at radius 1 is 1.19 bits per heavy atom. The van der Waals surface area contributed by atoms with Crippen molar-refractivity contribution >= 4 is 39.6 Å². The summed E-state index contributed by atoms with van der Waals surface area (Å²) >= 11 is 3.28. The van der Waals surface area contributed by atoms with Crippen molar-refractivity contribution in [2.45, 2.75) is 18.9 Å². The van der Waals surface area contributed by atoms with Crippen LogP contribution in [-0.4, -0.2) is 72.8 Å². The molecule has 1 aromatic rings. The number of carbonyl (C=O) groups excluding carboxylic acids is 4. The van der Waals surface area contributed by atoms with Gasteiger partial charge in [-0.2, -0.15) is 0 Å². The second kappa shape index (κ2) is 8.18. The molecule has 3 rings (SSSR count). The monoisotopic (exact) mass is 437 g/mol. The number of benzene rings is 1. The Bertz CT molecular complexity index is 789. The van der Waals surface area contributed by atoms with Gasteiger partial charge in [-0.15, -0.1) is 0 Å². The van der Waals surface area contributed by atoms with E-state index in [1.54, 1.807) is 23.1 Å². The van der Waals surface area contributed by atoms with Gasteiger partial charge >= 0.3 is 0 Å². The Morgan fingerprint density at radius 2 is 1.85 bits per heavy atom. The van der Waals surface area contributed by atoms with Gasteiger partial charge < -0.3 is 15.0 Å². The molecule has 0 saturated carbocycles. The summed E-state index contributed by atoms with van der Waals surface area (Å²) in [7, 11) is 1.46. The van der Waals surface area contributed by atoms with E-state index in [4.69, 9.17) is 4.74 Å². The zero-order chi connectivity index (χ0) is 19.6. The summed E-state index contributed by atoms with van der Waals surface area (Å²) < 4.78 is 5.49. The van der Waals surface area contributed by atoms with Gasteiger partial charge in [0.05, 0.1) is 11.1 Å². The van der Waals surface area contributed by atoms with Crippen LogP contribution in [0.25, 0.3) is 0 Å².